The topological polar surface area (TPSA) is 213 Å². The number of carbonyl (C=O) groups is 2. The number of aliphatic hydroxyl groups is 2. The molecular formula is C33H31ClN6O7S2. The minimum atomic E-state index is -1.51. The summed E-state index contributed by atoms with van der Waals surface area (Å²) in [5, 5.41) is 42.4. The third-order valence-electron chi connectivity index (χ3n) is 6.15. The first-order valence-corrected chi connectivity index (χ1v) is 16.7. The highest BCUT2D eigenvalue weighted by molar-refractivity contribution is 7.98. The third kappa shape index (κ3) is 12.2. The van der Waals surface area contributed by atoms with E-state index in [1.54, 1.807) is 36.4 Å². The second kappa shape index (κ2) is 20.4. The summed E-state index contributed by atoms with van der Waals surface area (Å²) in [4.78, 5) is 34.3. The van der Waals surface area contributed by atoms with Crippen molar-refractivity contribution >= 4 is 58.1 Å². The maximum Gasteiger partial charge on any atom is 0.330 e. The number of aromatic nitrogens is 2. The van der Waals surface area contributed by atoms with Crippen LogP contribution < -0.4 is 20.9 Å². The van der Waals surface area contributed by atoms with Gasteiger partial charge in [0.25, 0.3) is 0 Å². The Morgan fingerprint density at radius 1 is 1.08 bits per heavy atom. The first-order chi connectivity index (χ1) is 23.7. The molecule has 0 saturated heterocycles. The highest BCUT2D eigenvalue weighted by Crippen LogP contribution is 2.42. The maximum absolute atomic E-state index is 11.4. The van der Waals surface area contributed by atoms with Crippen molar-refractivity contribution in [2.45, 2.75) is 10.8 Å². The molecule has 49 heavy (non-hydrogen) atoms. The Balaban J connectivity index is 0.000000838. The number of carbonyl (C=O) groups excluding carboxylic acids is 2. The van der Waals surface area contributed by atoms with Crippen LogP contribution in [-0.4, -0.2) is 71.6 Å². The number of thioether (sulfide) groups is 1. The summed E-state index contributed by atoms with van der Waals surface area (Å²) in [5.74, 6) is -1.46. The fourth-order valence-corrected chi connectivity index (χ4v) is 5.89. The van der Waals surface area contributed by atoms with E-state index >= 15 is 0 Å². The minimum Gasteiger partial charge on any atom is -0.545 e. The predicted octanol–water partition coefficient (Wildman–Crippen LogP) is 2.58. The number of rotatable bonds is 15. The molecule has 2 heterocycles. The Bertz CT molecular complexity index is 1820. The van der Waals surface area contributed by atoms with Crippen LogP contribution in [0.1, 0.15) is 11.3 Å². The van der Waals surface area contributed by atoms with Crippen LogP contribution in [0, 0.1) is 17.9 Å². The molecule has 0 atom stereocenters. The van der Waals surface area contributed by atoms with E-state index in [1.165, 1.54) is 23.1 Å². The van der Waals surface area contributed by atoms with E-state index in [4.69, 9.17) is 43.6 Å². The van der Waals surface area contributed by atoms with Crippen molar-refractivity contribution in [1.29, 1.82) is 5.26 Å². The van der Waals surface area contributed by atoms with Gasteiger partial charge in [-0.3, -0.25) is 0 Å². The summed E-state index contributed by atoms with van der Waals surface area (Å²) >= 11 is 8.78. The fraction of sp³-hybridized carbons (Fsp3) is 0.212. The van der Waals surface area contributed by atoms with Crippen LogP contribution in [-0.2, 0) is 20.1 Å². The first-order valence-electron chi connectivity index (χ1n) is 14.5. The number of pyridine rings is 1. The molecule has 2 aromatic carbocycles. The number of aliphatic hydroxyl groups excluding tert-OH is 2. The van der Waals surface area contributed by atoms with Gasteiger partial charge in [0.05, 0.1) is 50.1 Å². The van der Waals surface area contributed by atoms with E-state index in [0.717, 1.165) is 22.3 Å². The normalized spacial score (nSPS) is 10.5. The molecule has 0 spiro atoms. The number of benzene rings is 2. The molecule has 4 aromatic rings. The predicted molar refractivity (Wildman–Crippen MR) is 184 cm³/mol. The Morgan fingerprint density at radius 3 is 2.37 bits per heavy atom. The Morgan fingerprint density at radius 2 is 1.76 bits per heavy atom. The van der Waals surface area contributed by atoms with Gasteiger partial charge in [0, 0.05) is 33.4 Å². The zero-order chi connectivity index (χ0) is 35.6. The van der Waals surface area contributed by atoms with E-state index in [1.807, 2.05) is 22.8 Å². The van der Waals surface area contributed by atoms with Crippen molar-refractivity contribution in [2.24, 2.45) is 0 Å². The van der Waals surface area contributed by atoms with Crippen LogP contribution in [0.5, 0.6) is 5.75 Å². The van der Waals surface area contributed by atoms with Crippen LogP contribution in [0.4, 0.5) is 11.5 Å². The number of nitrogen functional groups attached to an aromatic ring is 1. The summed E-state index contributed by atoms with van der Waals surface area (Å²) in [7, 11) is 0. The molecule has 0 amide bonds. The zero-order valence-electron chi connectivity index (χ0n) is 25.9. The SMILES string of the molecule is OCC[NH2+]CCO.[C-]#[N+]c1c(N)nc(SCc2csc(-c3ccc(Cl)cc3)n2)c(C#N)c1-c1ccc(OCCOC(=O)/C=C\C(=O)[O-])cc1. The summed E-state index contributed by atoms with van der Waals surface area (Å²) < 4.78 is 10.4. The van der Waals surface area contributed by atoms with Gasteiger partial charge in [-0.1, -0.05) is 47.6 Å². The van der Waals surface area contributed by atoms with E-state index < -0.39 is 11.9 Å². The lowest BCUT2D eigenvalue weighted by atomic mass is 10.00. The maximum atomic E-state index is 11.4. The monoisotopic (exact) mass is 722 g/mol. The standard InChI is InChI=1S/C29H20ClN5O5S2.C4H11NO2/c1-33-26-25(17-4-8-21(9-5-17)39-12-13-40-24(38)11-10-23(36)37)22(14-31)29(35-27(26)32)42-16-20-15-41-28(34-20)18-2-6-19(30)7-3-18;6-3-1-5-2-4-7/h2-11,15H,12-13,16H2,(H2,32,35)(H,36,37);5-7H,1-4H2/b11-10-;. The number of nitriles is 1. The smallest absolute Gasteiger partial charge is 0.330 e. The first kappa shape index (κ1) is 38.4. The highest BCUT2D eigenvalue weighted by Gasteiger charge is 2.21. The highest BCUT2D eigenvalue weighted by atomic mass is 35.5. The fourth-order valence-electron chi connectivity index (χ4n) is 3.95. The van der Waals surface area contributed by atoms with Crippen LogP contribution in [0.25, 0.3) is 26.5 Å². The van der Waals surface area contributed by atoms with Gasteiger partial charge in [0.15, 0.2) is 0 Å². The number of carboxylic acid groups (broad SMARTS) is 1. The molecule has 0 aliphatic heterocycles. The van der Waals surface area contributed by atoms with E-state index in [9.17, 15) is 20.0 Å². The second-order valence-electron chi connectivity index (χ2n) is 9.57. The number of carboxylic acids is 1. The van der Waals surface area contributed by atoms with Gasteiger partial charge in [-0.2, -0.15) is 5.26 Å². The Hall–Kier alpha value is -5.00. The average Bonchev–Trinajstić information content (AvgIpc) is 3.58. The third-order valence-corrected chi connectivity index (χ3v) is 8.35. The number of nitrogens with zero attached hydrogens (tertiary/aromatic N) is 4. The molecule has 0 bridgehead atoms. The second-order valence-corrected chi connectivity index (χ2v) is 11.8. The number of aliphatic carboxylic acids is 1. The Labute approximate surface area is 295 Å². The summed E-state index contributed by atoms with van der Waals surface area (Å²) in [6, 6.07) is 16.2. The number of hydrogen-bond donors (Lipinski definition) is 4. The van der Waals surface area contributed by atoms with E-state index in [2.05, 4.69) is 20.9 Å². The largest absolute Gasteiger partial charge is 0.545 e. The summed E-state index contributed by atoms with van der Waals surface area (Å²) in [6.45, 7) is 9.34. The van der Waals surface area contributed by atoms with E-state index in [-0.39, 0.29) is 43.5 Å². The number of nitrogens with two attached hydrogens (primary N) is 2. The average molecular weight is 723 g/mol. The number of thiazole rings is 1. The lowest BCUT2D eigenvalue weighted by molar-refractivity contribution is -0.657. The van der Waals surface area contributed by atoms with Crippen molar-refractivity contribution < 1.29 is 39.7 Å². The molecule has 0 saturated carbocycles. The molecule has 0 aliphatic carbocycles. The Kier molecular flexibility index (Phi) is 16.0. The van der Waals surface area contributed by atoms with Crippen molar-refractivity contribution in [1.82, 2.24) is 9.97 Å². The summed E-state index contributed by atoms with van der Waals surface area (Å²) in [6.07, 6.45) is 1.32. The van der Waals surface area contributed by atoms with Crippen LogP contribution in [0.2, 0.25) is 5.02 Å². The molecule has 16 heteroatoms. The van der Waals surface area contributed by atoms with Crippen LogP contribution in [0.3, 0.4) is 0 Å². The van der Waals surface area contributed by atoms with Gasteiger partial charge in [-0.05, 0) is 35.9 Å². The minimum absolute atomic E-state index is 0.0107. The molecule has 0 fully saturated rings. The van der Waals surface area contributed by atoms with Gasteiger partial charge in [0.2, 0.25) is 5.69 Å². The van der Waals surface area contributed by atoms with Crippen LogP contribution in [0.15, 0.2) is 71.1 Å². The number of esters is 1. The summed E-state index contributed by atoms with van der Waals surface area (Å²) in [5.41, 5.74) is 9.12. The van der Waals surface area contributed by atoms with Gasteiger partial charge in [-0.15, -0.1) is 11.3 Å². The number of anilines is 1. The molecule has 4 rings (SSSR count). The van der Waals surface area contributed by atoms with Crippen LogP contribution >= 0.6 is 34.7 Å². The number of halogens is 1. The van der Waals surface area contributed by atoms with Gasteiger partial charge < -0.3 is 40.6 Å². The van der Waals surface area contributed by atoms with Gasteiger partial charge >= 0.3 is 5.97 Å². The van der Waals surface area contributed by atoms with Gasteiger partial charge in [0.1, 0.15) is 40.9 Å². The molecule has 254 valence electrons. The van der Waals surface area contributed by atoms with Crippen molar-refractivity contribution in [3.05, 3.63) is 93.8 Å². The van der Waals surface area contributed by atoms with Crippen molar-refractivity contribution in [2.75, 3.05) is 45.3 Å². The zero-order valence-corrected chi connectivity index (χ0v) is 28.3. The molecule has 0 radical (unpaired) electrons. The molecule has 0 unspecified atom stereocenters. The van der Waals surface area contributed by atoms with Gasteiger partial charge in [-0.25, -0.2) is 19.6 Å². The van der Waals surface area contributed by atoms with E-state index in [0.29, 0.717) is 51.8 Å². The molecule has 6 N–H and O–H groups in total. The quantitative estimate of drug-likeness (QED) is 0.0458. The lowest BCUT2D eigenvalue weighted by Gasteiger charge is -2.13. The molecule has 0 aliphatic rings. The van der Waals surface area contributed by atoms with Crippen molar-refractivity contribution in [3.63, 3.8) is 0 Å². The van der Waals surface area contributed by atoms with Crippen molar-refractivity contribution in [3.8, 4) is 33.5 Å². The number of quaternary nitrogens is 1. The molecular weight excluding hydrogens is 692 g/mol. The molecule has 13 nitrogen and oxygen atoms in total. The molecule has 2 aromatic heterocycles. The number of ether oxygens (including phenoxy) is 2. The number of hydrogen-bond acceptors (Lipinski definition) is 13. The lowest BCUT2D eigenvalue weighted by Crippen LogP contribution is -2.85.